The van der Waals surface area contributed by atoms with Crippen LogP contribution in [0.25, 0.3) is 11.4 Å². The van der Waals surface area contributed by atoms with Gasteiger partial charge in [0.25, 0.3) is 5.91 Å². The van der Waals surface area contributed by atoms with Gasteiger partial charge in [-0.15, -0.1) is 0 Å². The van der Waals surface area contributed by atoms with Gasteiger partial charge < -0.3 is 23.3 Å². The molecule has 28 heavy (non-hydrogen) atoms. The standard InChI is InChI=1S/C19H18N4O5/c24-19(15-2-1-9-25-15)23-7-5-22(6-8-23)11-17-20-18(21-28-17)13-3-4-14-16(10-13)27-12-26-14/h1-4,9-10H,5-8,11-12H2. The largest absolute Gasteiger partial charge is 0.459 e. The molecule has 3 aromatic rings. The zero-order valence-corrected chi connectivity index (χ0v) is 15.0. The highest BCUT2D eigenvalue weighted by Crippen LogP contribution is 2.35. The van der Waals surface area contributed by atoms with E-state index in [4.69, 9.17) is 18.4 Å². The van der Waals surface area contributed by atoms with Crippen LogP contribution < -0.4 is 9.47 Å². The molecule has 0 N–H and O–H groups in total. The average molecular weight is 382 g/mol. The Morgan fingerprint density at radius 2 is 1.93 bits per heavy atom. The van der Waals surface area contributed by atoms with Crippen molar-refractivity contribution in [1.82, 2.24) is 19.9 Å². The van der Waals surface area contributed by atoms with E-state index in [1.807, 2.05) is 18.2 Å². The highest BCUT2D eigenvalue weighted by molar-refractivity contribution is 5.91. The molecule has 0 saturated carbocycles. The molecule has 9 nitrogen and oxygen atoms in total. The number of hydrogen-bond acceptors (Lipinski definition) is 8. The Morgan fingerprint density at radius 3 is 2.75 bits per heavy atom. The average Bonchev–Trinajstić information content (AvgIpc) is 3.48. The lowest BCUT2D eigenvalue weighted by Crippen LogP contribution is -2.48. The topological polar surface area (TPSA) is 94.1 Å². The fourth-order valence-corrected chi connectivity index (χ4v) is 3.33. The van der Waals surface area contributed by atoms with Crippen LogP contribution >= 0.6 is 0 Å². The minimum absolute atomic E-state index is 0.0764. The lowest BCUT2D eigenvalue weighted by Gasteiger charge is -2.33. The van der Waals surface area contributed by atoms with E-state index in [0.29, 0.717) is 42.9 Å². The zero-order chi connectivity index (χ0) is 18.9. The molecule has 1 fully saturated rings. The third kappa shape index (κ3) is 3.20. The van der Waals surface area contributed by atoms with Gasteiger partial charge in [-0.25, -0.2) is 0 Å². The molecular weight excluding hydrogens is 364 g/mol. The van der Waals surface area contributed by atoms with Crippen LogP contribution in [0.5, 0.6) is 11.5 Å². The van der Waals surface area contributed by atoms with E-state index in [-0.39, 0.29) is 12.7 Å². The lowest BCUT2D eigenvalue weighted by atomic mass is 10.2. The number of amides is 1. The Bertz CT molecular complexity index is 976. The fourth-order valence-electron chi connectivity index (χ4n) is 3.33. The van der Waals surface area contributed by atoms with Crippen molar-refractivity contribution < 1.29 is 23.2 Å². The Hall–Kier alpha value is -3.33. The first-order valence-electron chi connectivity index (χ1n) is 9.04. The summed E-state index contributed by atoms with van der Waals surface area (Å²) in [4.78, 5) is 20.8. The van der Waals surface area contributed by atoms with Crippen molar-refractivity contribution in [3.8, 4) is 22.9 Å². The summed E-state index contributed by atoms with van der Waals surface area (Å²) in [5, 5.41) is 4.07. The number of piperazine rings is 1. The summed E-state index contributed by atoms with van der Waals surface area (Å²) >= 11 is 0. The van der Waals surface area contributed by atoms with Gasteiger partial charge in [0.2, 0.25) is 18.5 Å². The molecule has 0 aliphatic carbocycles. The van der Waals surface area contributed by atoms with Crippen molar-refractivity contribution in [2.45, 2.75) is 6.54 Å². The monoisotopic (exact) mass is 382 g/mol. The summed E-state index contributed by atoms with van der Waals surface area (Å²) in [7, 11) is 0. The van der Waals surface area contributed by atoms with Crippen molar-refractivity contribution in [1.29, 1.82) is 0 Å². The van der Waals surface area contributed by atoms with Crippen LogP contribution in [0.3, 0.4) is 0 Å². The normalized spacial score (nSPS) is 16.5. The molecule has 2 aromatic heterocycles. The van der Waals surface area contributed by atoms with Crippen molar-refractivity contribution in [3.63, 3.8) is 0 Å². The third-order valence-corrected chi connectivity index (χ3v) is 4.85. The van der Waals surface area contributed by atoms with Crippen LogP contribution in [0.4, 0.5) is 0 Å². The number of benzene rings is 1. The van der Waals surface area contributed by atoms with Gasteiger partial charge in [-0.05, 0) is 30.3 Å². The minimum atomic E-state index is -0.0764. The number of furan rings is 1. The summed E-state index contributed by atoms with van der Waals surface area (Å²) in [5.41, 5.74) is 0.813. The first-order chi connectivity index (χ1) is 13.8. The molecule has 1 aromatic carbocycles. The third-order valence-electron chi connectivity index (χ3n) is 4.85. The molecule has 1 saturated heterocycles. The molecule has 0 atom stereocenters. The highest BCUT2D eigenvalue weighted by Gasteiger charge is 2.25. The first-order valence-corrected chi connectivity index (χ1v) is 9.04. The van der Waals surface area contributed by atoms with Crippen molar-refractivity contribution in [3.05, 3.63) is 48.2 Å². The fraction of sp³-hybridized carbons (Fsp3) is 0.316. The number of ether oxygens (including phenoxy) is 2. The van der Waals surface area contributed by atoms with E-state index in [1.165, 1.54) is 6.26 Å². The minimum Gasteiger partial charge on any atom is -0.459 e. The quantitative estimate of drug-likeness (QED) is 0.676. The molecule has 4 heterocycles. The van der Waals surface area contributed by atoms with Gasteiger partial charge >= 0.3 is 0 Å². The molecule has 5 rings (SSSR count). The molecule has 0 spiro atoms. The number of carbonyl (C=O) groups is 1. The van der Waals surface area contributed by atoms with Crippen molar-refractivity contribution in [2.75, 3.05) is 33.0 Å². The summed E-state index contributed by atoms with van der Waals surface area (Å²) in [6.45, 7) is 3.48. The summed E-state index contributed by atoms with van der Waals surface area (Å²) in [6, 6.07) is 8.96. The van der Waals surface area contributed by atoms with Gasteiger partial charge in [-0.3, -0.25) is 9.69 Å². The lowest BCUT2D eigenvalue weighted by molar-refractivity contribution is 0.0585. The number of nitrogens with zero attached hydrogens (tertiary/aromatic N) is 4. The maximum atomic E-state index is 12.3. The van der Waals surface area contributed by atoms with E-state index in [2.05, 4.69) is 15.0 Å². The number of rotatable bonds is 4. The van der Waals surface area contributed by atoms with Crippen molar-refractivity contribution >= 4 is 5.91 Å². The molecule has 1 amide bonds. The molecule has 0 bridgehead atoms. The number of fused-ring (bicyclic) bond motifs is 1. The van der Waals surface area contributed by atoms with Crippen LogP contribution in [0.15, 0.2) is 45.5 Å². The van der Waals surface area contributed by atoms with Crippen LogP contribution in [0.2, 0.25) is 0 Å². The highest BCUT2D eigenvalue weighted by atomic mass is 16.7. The molecular formula is C19H18N4O5. The Balaban J connectivity index is 1.20. The smallest absolute Gasteiger partial charge is 0.289 e. The van der Waals surface area contributed by atoms with Gasteiger partial charge in [0, 0.05) is 31.7 Å². The van der Waals surface area contributed by atoms with Gasteiger partial charge in [-0.2, -0.15) is 4.98 Å². The van der Waals surface area contributed by atoms with E-state index in [9.17, 15) is 4.79 Å². The molecule has 2 aliphatic heterocycles. The Kier molecular flexibility index (Phi) is 4.21. The number of aromatic nitrogens is 2. The maximum Gasteiger partial charge on any atom is 0.289 e. The zero-order valence-electron chi connectivity index (χ0n) is 15.0. The molecule has 144 valence electrons. The van der Waals surface area contributed by atoms with Crippen LogP contribution in [0.1, 0.15) is 16.4 Å². The molecule has 0 unspecified atom stereocenters. The van der Waals surface area contributed by atoms with E-state index >= 15 is 0 Å². The van der Waals surface area contributed by atoms with Crippen LogP contribution in [-0.4, -0.2) is 58.8 Å². The second-order valence-electron chi connectivity index (χ2n) is 6.63. The van der Waals surface area contributed by atoms with E-state index < -0.39 is 0 Å². The van der Waals surface area contributed by atoms with Gasteiger partial charge in [0.05, 0.1) is 12.8 Å². The van der Waals surface area contributed by atoms with Gasteiger partial charge in [-0.1, -0.05) is 5.16 Å². The Morgan fingerprint density at radius 1 is 1.07 bits per heavy atom. The van der Waals surface area contributed by atoms with Crippen molar-refractivity contribution in [2.24, 2.45) is 0 Å². The number of hydrogen-bond donors (Lipinski definition) is 0. The first kappa shape index (κ1) is 16.8. The van der Waals surface area contributed by atoms with Gasteiger partial charge in [0.1, 0.15) is 0 Å². The Labute approximate surface area is 160 Å². The predicted molar refractivity (Wildman–Crippen MR) is 95.7 cm³/mol. The molecule has 9 heteroatoms. The van der Waals surface area contributed by atoms with E-state index in [1.54, 1.807) is 17.0 Å². The summed E-state index contributed by atoms with van der Waals surface area (Å²) in [6.07, 6.45) is 1.51. The van der Waals surface area contributed by atoms with Gasteiger partial charge in [0.15, 0.2) is 17.3 Å². The molecule has 0 radical (unpaired) electrons. The summed E-state index contributed by atoms with van der Waals surface area (Å²) in [5.74, 6) is 2.75. The SMILES string of the molecule is O=C(c1ccco1)N1CCN(Cc2nc(-c3ccc4c(c3)OCO4)no2)CC1. The van der Waals surface area contributed by atoms with Crippen LogP contribution in [0, 0.1) is 0 Å². The predicted octanol–water partition coefficient (Wildman–Crippen LogP) is 2.02. The second-order valence-corrected chi connectivity index (χ2v) is 6.63. The maximum absolute atomic E-state index is 12.3. The van der Waals surface area contributed by atoms with Crippen LogP contribution in [-0.2, 0) is 6.54 Å². The molecule has 2 aliphatic rings. The second kappa shape index (κ2) is 7.01. The van der Waals surface area contributed by atoms with E-state index in [0.717, 1.165) is 24.4 Å². The summed E-state index contributed by atoms with van der Waals surface area (Å²) < 4.78 is 21.3. The number of carbonyl (C=O) groups excluding carboxylic acids is 1.